The maximum atomic E-state index is 12.0. The molecule has 106 valence electrons. The van der Waals surface area contributed by atoms with E-state index in [0.717, 1.165) is 25.9 Å². The average molecular weight is 276 g/mol. The van der Waals surface area contributed by atoms with Gasteiger partial charge in [-0.25, -0.2) is 0 Å². The van der Waals surface area contributed by atoms with Crippen molar-refractivity contribution in [2.24, 2.45) is 0 Å². The minimum Gasteiger partial charge on any atom is -0.337 e. The Kier molecular flexibility index (Phi) is 3.46. The van der Waals surface area contributed by atoms with Crippen molar-refractivity contribution >= 4 is 11.6 Å². The fraction of sp³-hybridized carbons (Fsp3) is 0.500. The van der Waals surface area contributed by atoms with Gasteiger partial charge in [0.05, 0.1) is 17.9 Å². The summed E-state index contributed by atoms with van der Waals surface area (Å²) in [4.78, 5) is 16.1. The summed E-state index contributed by atoms with van der Waals surface area (Å²) in [6, 6.07) is 0.0619. The third-order valence-corrected chi connectivity index (χ3v) is 3.22. The summed E-state index contributed by atoms with van der Waals surface area (Å²) >= 11 is 0. The largest absolute Gasteiger partial charge is 0.337 e. The first-order valence-corrected chi connectivity index (χ1v) is 6.67. The van der Waals surface area contributed by atoms with Crippen LogP contribution in [-0.4, -0.2) is 32.4 Å². The molecule has 0 aromatic carbocycles. The van der Waals surface area contributed by atoms with Gasteiger partial charge in [0.1, 0.15) is 0 Å². The highest BCUT2D eigenvalue weighted by Crippen LogP contribution is 2.21. The van der Waals surface area contributed by atoms with E-state index in [1.54, 1.807) is 17.1 Å². The van der Waals surface area contributed by atoms with E-state index in [4.69, 9.17) is 4.52 Å². The highest BCUT2D eigenvalue weighted by molar-refractivity contribution is 6.01. The number of amides is 1. The van der Waals surface area contributed by atoms with Crippen molar-refractivity contribution < 1.29 is 9.32 Å². The maximum Gasteiger partial charge on any atom is 0.297 e. The fourth-order valence-corrected chi connectivity index (χ4v) is 2.15. The third kappa shape index (κ3) is 2.55. The Morgan fingerprint density at radius 3 is 3.25 bits per heavy atom. The first-order valence-electron chi connectivity index (χ1n) is 6.67. The summed E-state index contributed by atoms with van der Waals surface area (Å²) in [7, 11) is 0. The molecule has 0 saturated carbocycles. The molecule has 8 nitrogen and oxygen atoms in total. The van der Waals surface area contributed by atoms with Gasteiger partial charge in [0, 0.05) is 12.7 Å². The van der Waals surface area contributed by atoms with E-state index in [9.17, 15) is 4.79 Å². The molecule has 3 heterocycles. The number of nitrogens with one attached hydrogen (secondary N) is 2. The molecule has 2 N–H and O–H groups in total. The van der Waals surface area contributed by atoms with Gasteiger partial charge < -0.3 is 15.2 Å². The van der Waals surface area contributed by atoms with E-state index in [1.165, 1.54) is 0 Å². The van der Waals surface area contributed by atoms with Crippen LogP contribution in [0.5, 0.6) is 0 Å². The number of hydrogen-bond acceptors (Lipinski definition) is 6. The van der Waals surface area contributed by atoms with Crippen molar-refractivity contribution in [1.82, 2.24) is 25.2 Å². The van der Waals surface area contributed by atoms with Gasteiger partial charge in [-0.15, -0.1) is 0 Å². The van der Waals surface area contributed by atoms with Crippen LogP contribution in [0.3, 0.4) is 0 Å². The lowest BCUT2D eigenvalue weighted by Gasteiger charge is -2.01. The Balaban J connectivity index is 1.67. The maximum absolute atomic E-state index is 12.0. The number of nitrogens with zero attached hydrogens (tertiary/aromatic N) is 4. The molecule has 0 spiro atoms. The van der Waals surface area contributed by atoms with E-state index in [-0.39, 0.29) is 11.9 Å². The quantitative estimate of drug-likeness (QED) is 0.863. The molecule has 20 heavy (non-hydrogen) atoms. The predicted octanol–water partition coefficient (Wildman–Crippen LogP) is 0.963. The van der Waals surface area contributed by atoms with Gasteiger partial charge in [0.25, 0.3) is 11.7 Å². The molecule has 0 bridgehead atoms. The fourth-order valence-electron chi connectivity index (χ4n) is 2.15. The monoisotopic (exact) mass is 276 g/mol. The highest BCUT2D eigenvalue weighted by atomic mass is 16.5. The molecule has 3 rings (SSSR count). The molecule has 2 aromatic rings. The van der Waals surface area contributed by atoms with Crippen LogP contribution in [0.15, 0.2) is 16.9 Å². The third-order valence-electron chi connectivity index (χ3n) is 3.22. The molecular weight excluding hydrogens is 260 g/mol. The Labute approximate surface area is 115 Å². The van der Waals surface area contributed by atoms with Crippen LogP contribution in [-0.2, 0) is 6.54 Å². The molecule has 1 saturated heterocycles. The summed E-state index contributed by atoms with van der Waals surface area (Å²) in [5.41, 5.74) is 0.613. The van der Waals surface area contributed by atoms with Crippen molar-refractivity contribution in [3.8, 4) is 0 Å². The normalized spacial score (nSPS) is 18.4. The number of carbonyl (C=O) groups is 1. The minimum atomic E-state index is -0.395. The number of aromatic nitrogens is 4. The van der Waals surface area contributed by atoms with Gasteiger partial charge >= 0.3 is 0 Å². The van der Waals surface area contributed by atoms with Crippen molar-refractivity contribution in [3.63, 3.8) is 0 Å². The topological polar surface area (TPSA) is 97.9 Å². The number of hydrogen-bond donors (Lipinski definition) is 2. The van der Waals surface area contributed by atoms with E-state index < -0.39 is 5.91 Å². The van der Waals surface area contributed by atoms with Crippen LogP contribution in [0.1, 0.15) is 42.3 Å². The zero-order valence-electron chi connectivity index (χ0n) is 11.2. The molecule has 0 radical (unpaired) electrons. The van der Waals surface area contributed by atoms with Gasteiger partial charge in [-0.05, 0) is 26.3 Å². The second kappa shape index (κ2) is 5.41. The van der Waals surface area contributed by atoms with Gasteiger partial charge in [0.15, 0.2) is 0 Å². The van der Waals surface area contributed by atoms with Gasteiger partial charge in [-0.1, -0.05) is 5.16 Å². The van der Waals surface area contributed by atoms with Crippen LogP contribution in [0.4, 0.5) is 5.69 Å². The molecule has 1 fully saturated rings. The summed E-state index contributed by atoms with van der Waals surface area (Å²) < 4.78 is 6.85. The predicted molar refractivity (Wildman–Crippen MR) is 70.1 cm³/mol. The lowest BCUT2D eigenvalue weighted by atomic mass is 10.2. The number of aryl methyl sites for hydroxylation is 1. The first kappa shape index (κ1) is 12.8. The van der Waals surface area contributed by atoms with Crippen LogP contribution in [0.2, 0.25) is 0 Å². The van der Waals surface area contributed by atoms with Gasteiger partial charge in [0.2, 0.25) is 5.89 Å². The van der Waals surface area contributed by atoms with E-state index >= 15 is 0 Å². The van der Waals surface area contributed by atoms with Crippen molar-refractivity contribution in [2.45, 2.75) is 32.4 Å². The molecule has 1 unspecified atom stereocenters. The first-order chi connectivity index (χ1) is 9.76. The minimum absolute atomic E-state index is 0.0398. The lowest BCUT2D eigenvalue weighted by molar-refractivity contribution is 0.101. The van der Waals surface area contributed by atoms with Crippen molar-refractivity contribution in [2.75, 3.05) is 11.9 Å². The van der Waals surface area contributed by atoms with E-state index in [0.29, 0.717) is 11.6 Å². The Hall–Kier alpha value is -2.22. The molecule has 1 amide bonds. The Morgan fingerprint density at radius 1 is 1.65 bits per heavy atom. The molecule has 1 atom stereocenters. The summed E-state index contributed by atoms with van der Waals surface area (Å²) in [6.07, 6.45) is 5.36. The van der Waals surface area contributed by atoms with Crippen LogP contribution >= 0.6 is 0 Å². The average Bonchev–Trinajstić information content (AvgIpc) is 3.19. The van der Waals surface area contributed by atoms with Gasteiger partial charge in [-0.3, -0.25) is 9.48 Å². The van der Waals surface area contributed by atoms with E-state index in [2.05, 4.69) is 25.9 Å². The molecule has 2 aromatic heterocycles. The van der Waals surface area contributed by atoms with Crippen molar-refractivity contribution in [3.05, 3.63) is 24.1 Å². The molecule has 8 heteroatoms. The smallest absolute Gasteiger partial charge is 0.297 e. The molecule has 1 aliphatic heterocycles. The Morgan fingerprint density at radius 2 is 2.55 bits per heavy atom. The second-order valence-electron chi connectivity index (χ2n) is 4.64. The highest BCUT2D eigenvalue weighted by Gasteiger charge is 2.24. The van der Waals surface area contributed by atoms with Crippen LogP contribution in [0, 0.1) is 0 Å². The van der Waals surface area contributed by atoms with Crippen LogP contribution in [0.25, 0.3) is 0 Å². The summed E-state index contributed by atoms with van der Waals surface area (Å²) in [6.45, 7) is 3.65. The van der Waals surface area contributed by atoms with Crippen molar-refractivity contribution in [1.29, 1.82) is 0 Å². The standard InChI is InChI=1S/C12H16N6O2/c1-2-18-7-8(6-14-18)15-11(19)10-16-12(20-17-10)9-4-3-5-13-9/h6-7,9,13H,2-5H2,1H3,(H,15,19). The lowest BCUT2D eigenvalue weighted by Crippen LogP contribution is -2.15. The zero-order valence-corrected chi connectivity index (χ0v) is 11.2. The number of carbonyl (C=O) groups excluding carboxylic acids is 1. The summed E-state index contributed by atoms with van der Waals surface area (Å²) in [5.74, 6) is 0.114. The molecule has 1 aliphatic rings. The van der Waals surface area contributed by atoms with E-state index in [1.807, 2.05) is 6.92 Å². The number of rotatable bonds is 4. The Bertz CT molecular complexity index is 599. The van der Waals surface area contributed by atoms with Crippen LogP contribution < -0.4 is 10.6 Å². The van der Waals surface area contributed by atoms with Gasteiger partial charge in [-0.2, -0.15) is 10.1 Å². The zero-order chi connectivity index (χ0) is 13.9. The molecular formula is C12H16N6O2. The SMILES string of the molecule is CCn1cc(NC(=O)c2noc(C3CCCN3)n2)cn1. The second-order valence-corrected chi connectivity index (χ2v) is 4.64. The summed E-state index contributed by atoms with van der Waals surface area (Å²) in [5, 5.41) is 13.7. The molecule has 0 aliphatic carbocycles. The number of anilines is 1.